The van der Waals surface area contributed by atoms with Gasteiger partial charge >= 0.3 is 5.97 Å². The van der Waals surface area contributed by atoms with Crippen molar-refractivity contribution < 1.29 is 9.53 Å². The van der Waals surface area contributed by atoms with Crippen LogP contribution >= 0.6 is 11.6 Å². The molecule has 0 bridgehead atoms. The largest absolute Gasteiger partial charge is 0.465 e. The number of rotatable bonds is 2. The van der Waals surface area contributed by atoms with Gasteiger partial charge < -0.3 is 4.74 Å². The van der Waals surface area contributed by atoms with Crippen molar-refractivity contribution in [1.29, 1.82) is 0 Å². The Kier molecular flexibility index (Phi) is 3.59. The van der Waals surface area contributed by atoms with Crippen LogP contribution in [0.5, 0.6) is 0 Å². The van der Waals surface area contributed by atoms with Crippen LogP contribution in [0.4, 0.5) is 0 Å². The number of methoxy groups -OCH3 is 1. The maximum Gasteiger partial charge on any atom is 0.337 e. The highest BCUT2D eigenvalue weighted by molar-refractivity contribution is 6.35. The van der Waals surface area contributed by atoms with Crippen LogP contribution in [-0.4, -0.2) is 18.1 Å². The molecule has 0 fully saturated rings. The molecule has 0 aliphatic heterocycles. The Bertz CT molecular complexity index is 816. The Morgan fingerprint density at radius 2 is 1.86 bits per heavy atom. The summed E-state index contributed by atoms with van der Waals surface area (Å²) in [7, 11) is 1.36. The van der Waals surface area contributed by atoms with Gasteiger partial charge in [0.1, 0.15) is 0 Å². The van der Waals surface area contributed by atoms with E-state index in [2.05, 4.69) is 4.98 Å². The van der Waals surface area contributed by atoms with Gasteiger partial charge in [0, 0.05) is 22.5 Å². The lowest BCUT2D eigenvalue weighted by molar-refractivity contribution is 0.0601. The smallest absolute Gasteiger partial charge is 0.337 e. The molecule has 104 valence electrons. The summed E-state index contributed by atoms with van der Waals surface area (Å²) in [5.74, 6) is -0.379. The Hall–Kier alpha value is -2.39. The zero-order valence-corrected chi connectivity index (χ0v) is 12.1. The minimum absolute atomic E-state index is 0.379. The van der Waals surface area contributed by atoms with Gasteiger partial charge in [-0.05, 0) is 12.1 Å². The number of ether oxygens (including phenoxy) is 1. The van der Waals surface area contributed by atoms with Crippen molar-refractivity contribution in [3.63, 3.8) is 0 Å². The fraction of sp³-hybridized carbons (Fsp3) is 0.0588. The molecule has 21 heavy (non-hydrogen) atoms. The van der Waals surface area contributed by atoms with E-state index in [4.69, 9.17) is 16.3 Å². The van der Waals surface area contributed by atoms with Crippen molar-refractivity contribution in [2.45, 2.75) is 0 Å². The molecule has 1 aromatic heterocycles. The maximum absolute atomic E-state index is 11.7. The quantitative estimate of drug-likeness (QED) is 0.660. The molecule has 0 spiro atoms. The third-order valence-corrected chi connectivity index (χ3v) is 3.61. The van der Waals surface area contributed by atoms with Crippen LogP contribution in [0, 0.1) is 0 Å². The lowest BCUT2D eigenvalue weighted by Crippen LogP contribution is -2.01. The lowest BCUT2D eigenvalue weighted by atomic mass is 10.0. The number of benzene rings is 2. The highest BCUT2D eigenvalue weighted by Gasteiger charge is 2.12. The van der Waals surface area contributed by atoms with Gasteiger partial charge in [0.25, 0.3) is 0 Å². The van der Waals surface area contributed by atoms with E-state index < -0.39 is 0 Å². The molecule has 0 N–H and O–H groups in total. The topological polar surface area (TPSA) is 39.2 Å². The fourth-order valence-electron chi connectivity index (χ4n) is 2.28. The van der Waals surface area contributed by atoms with Gasteiger partial charge in [-0.1, -0.05) is 48.0 Å². The molecular formula is C17H12ClNO2. The summed E-state index contributed by atoms with van der Waals surface area (Å²) in [6, 6.07) is 15.1. The summed E-state index contributed by atoms with van der Waals surface area (Å²) >= 11 is 6.20. The summed E-state index contributed by atoms with van der Waals surface area (Å²) in [5.41, 5.74) is 2.24. The van der Waals surface area contributed by atoms with Crippen LogP contribution < -0.4 is 0 Å². The molecule has 1 heterocycles. The molecule has 0 saturated heterocycles. The molecule has 0 aliphatic rings. The lowest BCUT2D eigenvalue weighted by Gasteiger charge is -2.09. The van der Waals surface area contributed by atoms with E-state index in [0.29, 0.717) is 10.6 Å². The highest BCUT2D eigenvalue weighted by Crippen LogP contribution is 2.31. The van der Waals surface area contributed by atoms with Gasteiger partial charge in [0.2, 0.25) is 0 Å². The van der Waals surface area contributed by atoms with E-state index in [1.54, 1.807) is 18.3 Å². The number of nitrogens with zero attached hydrogens (tertiary/aromatic N) is 1. The van der Waals surface area contributed by atoms with Crippen LogP contribution in [-0.2, 0) is 4.74 Å². The second-order valence-electron chi connectivity index (χ2n) is 4.57. The van der Waals surface area contributed by atoms with Crippen LogP contribution in [0.1, 0.15) is 10.4 Å². The van der Waals surface area contributed by atoms with Gasteiger partial charge in [0.15, 0.2) is 0 Å². The third kappa shape index (κ3) is 2.48. The third-order valence-electron chi connectivity index (χ3n) is 3.31. The molecule has 3 aromatic rings. The summed E-state index contributed by atoms with van der Waals surface area (Å²) in [6.45, 7) is 0. The number of hydrogen-bond acceptors (Lipinski definition) is 3. The van der Waals surface area contributed by atoms with E-state index in [1.165, 1.54) is 7.11 Å². The number of halogens is 1. The van der Waals surface area contributed by atoms with Gasteiger partial charge in [-0.3, -0.25) is 4.98 Å². The first-order chi connectivity index (χ1) is 10.2. The van der Waals surface area contributed by atoms with Crippen LogP contribution in [0.25, 0.3) is 22.0 Å². The first-order valence-corrected chi connectivity index (χ1v) is 6.80. The Labute approximate surface area is 127 Å². The molecule has 2 aromatic carbocycles. The molecule has 3 rings (SSSR count). The van der Waals surface area contributed by atoms with Gasteiger partial charge in [-0.15, -0.1) is 0 Å². The van der Waals surface area contributed by atoms with E-state index in [0.717, 1.165) is 22.0 Å². The van der Waals surface area contributed by atoms with Gasteiger partial charge in [-0.2, -0.15) is 0 Å². The average Bonchev–Trinajstić information content (AvgIpc) is 2.55. The van der Waals surface area contributed by atoms with Gasteiger partial charge in [0.05, 0.1) is 23.4 Å². The molecular weight excluding hydrogens is 286 g/mol. The number of hydrogen-bond donors (Lipinski definition) is 0. The molecule has 0 radical (unpaired) electrons. The molecule has 3 nitrogen and oxygen atoms in total. The SMILES string of the molecule is COC(=O)c1ccc2c(Cl)cnc(-c3ccccc3)c2c1. The van der Waals surface area contributed by atoms with E-state index >= 15 is 0 Å². The Morgan fingerprint density at radius 3 is 2.57 bits per heavy atom. The second kappa shape index (κ2) is 5.54. The van der Waals surface area contributed by atoms with Crippen molar-refractivity contribution in [2.75, 3.05) is 7.11 Å². The molecule has 0 amide bonds. The second-order valence-corrected chi connectivity index (χ2v) is 4.98. The monoisotopic (exact) mass is 297 g/mol. The normalized spacial score (nSPS) is 10.6. The fourth-order valence-corrected chi connectivity index (χ4v) is 2.49. The highest BCUT2D eigenvalue weighted by atomic mass is 35.5. The minimum atomic E-state index is -0.379. The molecule has 0 aliphatic carbocycles. The van der Waals surface area contributed by atoms with E-state index in [1.807, 2.05) is 36.4 Å². The Morgan fingerprint density at radius 1 is 1.10 bits per heavy atom. The van der Waals surface area contributed by atoms with Crippen molar-refractivity contribution in [1.82, 2.24) is 4.98 Å². The molecule has 0 unspecified atom stereocenters. The summed E-state index contributed by atoms with van der Waals surface area (Å²) in [4.78, 5) is 16.1. The van der Waals surface area contributed by atoms with E-state index in [9.17, 15) is 4.79 Å². The summed E-state index contributed by atoms with van der Waals surface area (Å²) in [5, 5.41) is 2.25. The number of carbonyl (C=O) groups excluding carboxylic acids is 1. The van der Waals surface area contributed by atoms with Crippen LogP contribution in [0.3, 0.4) is 0 Å². The first kappa shape index (κ1) is 13.6. The van der Waals surface area contributed by atoms with Gasteiger partial charge in [-0.25, -0.2) is 4.79 Å². The number of esters is 1. The molecule has 0 atom stereocenters. The predicted molar refractivity (Wildman–Crippen MR) is 83.5 cm³/mol. The van der Waals surface area contributed by atoms with Crippen molar-refractivity contribution in [2.24, 2.45) is 0 Å². The minimum Gasteiger partial charge on any atom is -0.465 e. The Balaban J connectivity index is 2.30. The van der Waals surface area contributed by atoms with Crippen LogP contribution in [0.2, 0.25) is 5.02 Å². The van der Waals surface area contributed by atoms with Crippen molar-refractivity contribution >= 4 is 28.3 Å². The number of carbonyl (C=O) groups is 1. The standard InChI is InChI=1S/C17H12ClNO2/c1-21-17(20)12-7-8-13-14(9-12)16(19-10-15(13)18)11-5-3-2-4-6-11/h2-10H,1H3. The van der Waals surface area contributed by atoms with Crippen molar-refractivity contribution in [3.05, 3.63) is 65.3 Å². The van der Waals surface area contributed by atoms with Crippen LogP contribution in [0.15, 0.2) is 54.7 Å². The number of fused-ring (bicyclic) bond motifs is 1. The molecule has 0 saturated carbocycles. The maximum atomic E-state index is 11.7. The predicted octanol–water partition coefficient (Wildman–Crippen LogP) is 4.34. The number of aromatic nitrogens is 1. The van der Waals surface area contributed by atoms with E-state index in [-0.39, 0.29) is 5.97 Å². The zero-order chi connectivity index (χ0) is 14.8. The summed E-state index contributed by atoms with van der Waals surface area (Å²) in [6.07, 6.45) is 1.63. The summed E-state index contributed by atoms with van der Waals surface area (Å²) < 4.78 is 4.77. The molecule has 4 heteroatoms. The first-order valence-electron chi connectivity index (χ1n) is 6.42. The number of pyridine rings is 1. The zero-order valence-electron chi connectivity index (χ0n) is 11.3. The average molecular weight is 298 g/mol. The van der Waals surface area contributed by atoms with Crippen molar-refractivity contribution in [3.8, 4) is 11.3 Å².